The molecule has 1 aromatic rings. The maximum Gasteiger partial charge on any atom is 0.167 e. The average Bonchev–Trinajstić information content (AvgIpc) is 2.72. The highest BCUT2D eigenvalue weighted by atomic mass is 16.1. The molecule has 0 spiro atoms. The minimum Gasteiger partial charge on any atom is -0.364 e. The molecule has 0 fully saturated rings. The zero-order valence-electron chi connectivity index (χ0n) is 8.14. The number of hydrogen-bond donors (Lipinski definition) is 1. The minimum atomic E-state index is -0.0311. The molecule has 1 aliphatic heterocycles. The molecule has 2 rings (SSSR count). The molecular formula is C9H12N4O. The summed E-state index contributed by atoms with van der Waals surface area (Å²) in [6.07, 6.45) is 6.17. The first kappa shape index (κ1) is 8.80. The topological polar surface area (TPSA) is 50.2 Å². The van der Waals surface area contributed by atoms with Crippen molar-refractivity contribution in [2.45, 2.75) is 6.17 Å². The normalized spacial score (nSPS) is 20.6. The van der Waals surface area contributed by atoms with E-state index in [1.54, 1.807) is 12.5 Å². The van der Waals surface area contributed by atoms with E-state index in [2.05, 4.69) is 10.3 Å². The van der Waals surface area contributed by atoms with Gasteiger partial charge in [-0.1, -0.05) is 0 Å². The first-order chi connectivity index (χ1) is 6.72. The van der Waals surface area contributed by atoms with Crippen molar-refractivity contribution in [3.8, 4) is 0 Å². The van der Waals surface area contributed by atoms with E-state index in [0.29, 0.717) is 5.70 Å². The number of carbonyl (C=O) groups excluding carboxylic acids is 1. The Hall–Kier alpha value is -1.78. The van der Waals surface area contributed by atoms with Gasteiger partial charge >= 0.3 is 0 Å². The molecule has 0 saturated carbocycles. The number of allylic oxidation sites excluding steroid dienone is 1. The summed E-state index contributed by atoms with van der Waals surface area (Å²) in [5.41, 5.74) is 1.55. The van der Waals surface area contributed by atoms with E-state index in [9.17, 15) is 4.79 Å². The lowest BCUT2D eigenvalue weighted by atomic mass is 10.3. The summed E-state index contributed by atoms with van der Waals surface area (Å²) in [6, 6.07) is 0. The second-order valence-electron chi connectivity index (χ2n) is 3.33. The van der Waals surface area contributed by atoms with Crippen LogP contribution in [0.25, 0.3) is 0 Å². The number of aromatic nitrogens is 2. The summed E-state index contributed by atoms with van der Waals surface area (Å²) in [7, 11) is 3.78. The molecule has 5 nitrogen and oxygen atoms in total. The van der Waals surface area contributed by atoms with Crippen LogP contribution in [0.5, 0.6) is 0 Å². The van der Waals surface area contributed by atoms with Gasteiger partial charge in [0.2, 0.25) is 0 Å². The summed E-state index contributed by atoms with van der Waals surface area (Å²) >= 11 is 0. The SMILES string of the molecule is CN1C(C=O)=CNC1c1cn(C)cn1. The van der Waals surface area contributed by atoms with Crippen LogP contribution in [-0.2, 0) is 11.8 Å². The van der Waals surface area contributed by atoms with Gasteiger partial charge in [-0.2, -0.15) is 0 Å². The van der Waals surface area contributed by atoms with E-state index < -0.39 is 0 Å². The molecule has 5 heteroatoms. The van der Waals surface area contributed by atoms with E-state index in [4.69, 9.17) is 0 Å². The number of aldehydes is 1. The zero-order chi connectivity index (χ0) is 10.1. The largest absolute Gasteiger partial charge is 0.364 e. The van der Waals surface area contributed by atoms with Crippen molar-refractivity contribution >= 4 is 6.29 Å². The first-order valence-corrected chi connectivity index (χ1v) is 4.34. The quantitative estimate of drug-likeness (QED) is 0.670. The van der Waals surface area contributed by atoms with Crippen LogP contribution in [-0.4, -0.2) is 27.8 Å². The Balaban J connectivity index is 2.20. The molecule has 0 radical (unpaired) electrons. The Morgan fingerprint density at radius 3 is 2.86 bits per heavy atom. The van der Waals surface area contributed by atoms with Crippen LogP contribution in [0, 0.1) is 0 Å². The number of carbonyl (C=O) groups is 1. The van der Waals surface area contributed by atoms with E-state index >= 15 is 0 Å². The summed E-state index contributed by atoms with van der Waals surface area (Å²) in [4.78, 5) is 16.7. The summed E-state index contributed by atoms with van der Waals surface area (Å²) in [6.45, 7) is 0. The molecule has 0 saturated heterocycles. The molecule has 0 amide bonds. The van der Waals surface area contributed by atoms with Crippen molar-refractivity contribution in [3.05, 3.63) is 30.1 Å². The number of nitrogens with zero attached hydrogens (tertiary/aromatic N) is 3. The van der Waals surface area contributed by atoms with Gasteiger partial charge in [0.15, 0.2) is 6.29 Å². The lowest BCUT2D eigenvalue weighted by Gasteiger charge is -2.20. The molecule has 74 valence electrons. The minimum absolute atomic E-state index is 0.0311. The highest BCUT2D eigenvalue weighted by molar-refractivity contribution is 5.72. The van der Waals surface area contributed by atoms with Crippen LogP contribution < -0.4 is 5.32 Å². The maximum atomic E-state index is 10.6. The van der Waals surface area contributed by atoms with Gasteiger partial charge in [0.05, 0.1) is 12.0 Å². The smallest absolute Gasteiger partial charge is 0.167 e. The van der Waals surface area contributed by atoms with Gasteiger partial charge in [0.25, 0.3) is 0 Å². The molecule has 2 heterocycles. The van der Waals surface area contributed by atoms with Crippen molar-refractivity contribution in [2.75, 3.05) is 7.05 Å². The third kappa shape index (κ3) is 1.26. The van der Waals surface area contributed by atoms with Gasteiger partial charge in [-0.15, -0.1) is 0 Å². The third-order valence-corrected chi connectivity index (χ3v) is 2.31. The molecule has 1 N–H and O–H groups in total. The van der Waals surface area contributed by atoms with Crippen LogP contribution in [0.4, 0.5) is 0 Å². The van der Waals surface area contributed by atoms with E-state index in [1.807, 2.05) is 29.8 Å². The first-order valence-electron chi connectivity index (χ1n) is 4.34. The number of imidazole rings is 1. The highest BCUT2D eigenvalue weighted by Crippen LogP contribution is 2.22. The van der Waals surface area contributed by atoms with E-state index in [-0.39, 0.29) is 6.17 Å². The number of likely N-dealkylation sites (N-methyl/N-ethyl adjacent to an activating group) is 1. The van der Waals surface area contributed by atoms with E-state index in [1.165, 1.54) is 0 Å². The second kappa shape index (κ2) is 3.17. The monoisotopic (exact) mass is 192 g/mol. The average molecular weight is 192 g/mol. The standard InChI is InChI=1S/C9H12N4O/c1-12-4-8(11-6-12)9-10-3-7(5-14)13(9)2/h3-6,9-10H,1-2H3. The van der Waals surface area contributed by atoms with Crippen LogP contribution in [0.2, 0.25) is 0 Å². The second-order valence-corrected chi connectivity index (χ2v) is 3.33. The molecule has 0 aromatic carbocycles. The Morgan fingerprint density at radius 1 is 1.57 bits per heavy atom. The Labute approximate surface area is 82.0 Å². The van der Waals surface area contributed by atoms with Crippen molar-refractivity contribution in [2.24, 2.45) is 7.05 Å². The number of aryl methyl sites for hydroxylation is 1. The highest BCUT2D eigenvalue weighted by Gasteiger charge is 2.24. The molecule has 1 aliphatic rings. The van der Waals surface area contributed by atoms with E-state index in [0.717, 1.165) is 12.0 Å². The van der Waals surface area contributed by atoms with Crippen molar-refractivity contribution in [1.29, 1.82) is 0 Å². The Kier molecular flexibility index (Phi) is 1.99. The van der Waals surface area contributed by atoms with Crippen molar-refractivity contribution in [1.82, 2.24) is 19.8 Å². The lowest BCUT2D eigenvalue weighted by Crippen LogP contribution is -2.26. The van der Waals surface area contributed by atoms with Gasteiger partial charge in [-0.05, 0) is 0 Å². The number of rotatable bonds is 2. The molecule has 1 atom stereocenters. The summed E-state index contributed by atoms with van der Waals surface area (Å²) in [5.74, 6) is 0. The van der Waals surface area contributed by atoms with Gasteiger partial charge in [-0.3, -0.25) is 4.79 Å². The third-order valence-electron chi connectivity index (χ3n) is 2.31. The molecule has 1 unspecified atom stereocenters. The van der Waals surface area contributed by atoms with Crippen molar-refractivity contribution < 1.29 is 4.79 Å². The fourth-order valence-corrected chi connectivity index (χ4v) is 1.50. The Bertz CT molecular complexity index is 382. The van der Waals surface area contributed by atoms with Crippen LogP contribution in [0.3, 0.4) is 0 Å². The van der Waals surface area contributed by atoms with Crippen LogP contribution in [0.15, 0.2) is 24.4 Å². The molecule has 1 aromatic heterocycles. The zero-order valence-corrected chi connectivity index (χ0v) is 8.14. The predicted octanol–water partition coefficient (Wildman–Crippen LogP) is -0.00600. The summed E-state index contributed by atoms with van der Waals surface area (Å²) in [5, 5.41) is 3.09. The molecule has 14 heavy (non-hydrogen) atoms. The predicted molar refractivity (Wildman–Crippen MR) is 51.0 cm³/mol. The fourth-order valence-electron chi connectivity index (χ4n) is 1.50. The van der Waals surface area contributed by atoms with Crippen molar-refractivity contribution in [3.63, 3.8) is 0 Å². The fraction of sp³-hybridized carbons (Fsp3) is 0.333. The van der Waals surface area contributed by atoms with Crippen LogP contribution >= 0.6 is 0 Å². The lowest BCUT2D eigenvalue weighted by molar-refractivity contribution is -0.106. The number of nitrogens with one attached hydrogen (secondary N) is 1. The van der Waals surface area contributed by atoms with Crippen LogP contribution in [0.1, 0.15) is 11.9 Å². The van der Waals surface area contributed by atoms with Gasteiger partial charge in [0.1, 0.15) is 11.9 Å². The number of hydrogen-bond acceptors (Lipinski definition) is 4. The molecule has 0 bridgehead atoms. The molecular weight excluding hydrogens is 180 g/mol. The van der Waals surface area contributed by atoms with Gasteiger partial charge in [-0.25, -0.2) is 4.98 Å². The Morgan fingerprint density at radius 2 is 2.36 bits per heavy atom. The van der Waals surface area contributed by atoms with Gasteiger partial charge < -0.3 is 14.8 Å². The molecule has 0 aliphatic carbocycles. The van der Waals surface area contributed by atoms with Gasteiger partial charge in [0, 0.05) is 26.5 Å². The maximum absolute atomic E-state index is 10.6. The summed E-state index contributed by atoms with van der Waals surface area (Å²) < 4.78 is 1.88.